The maximum Gasteiger partial charge on any atom is 0.413 e. The van der Waals surface area contributed by atoms with Gasteiger partial charge in [-0.15, -0.1) is 0 Å². The Bertz CT molecular complexity index is 372. The highest BCUT2D eigenvalue weighted by Gasteiger charge is 2.29. The number of nitrogens with zero attached hydrogens (tertiary/aromatic N) is 1. The zero-order valence-electron chi connectivity index (χ0n) is 12.2. The van der Waals surface area contributed by atoms with Crippen LogP contribution in [0.2, 0.25) is 0 Å². The first-order valence-corrected chi connectivity index (χ1v) is 6.73. The summed E-state index contributed by atoms with van der Waals surface area (Å²) in [5, 5.41) is 2.71. The summed E-state index contributed by atoms with van der Waals surface area (Å²) in [6.07, 6.45) is 2.29. The predicted molar refractivity (Wildman–Crippen MR) is 71.0 cm³/mol. The Morgan fingerprint density at radius 3 is 2.70 bits per heavy atom. The quantitative estimate of drug-likeness (QED) is 0.591. The maximum absolute atomic E-state index is 11.8. The Hall–Kier alpha value is -1.63. The summed E-state index contributed by atoms with van der Waals surface area (Å²) in [7, 11) is 3.15. The minimum Gasteiger partial charge on any atom is -0.427 e. The number of nitrogens with one attached hydrogen (secondary N) is 1. The Labute approximate surface area is 118 Å². The number of Topliss-reactive ketones (excluding diaryl/α,β-unsaturated/α-hetero) is 1. The third kappa shape index (κ3) is 4.48. The molecule has 0 heterocycles. The van der Waals surface area contributed by atoms with Crippen LogP contribution in [-0.2, 0) is 19.1 Å². The number of esters is 1. The third-order valence-corrected chi connectivity index (χ3v) is 3.45. The van der Waals surface area contributed by atoms with Gasteiger partial charge in [0.15, 0.2) is 5.78 Å². The molecule has 0 aliphatic heterocycles. The van der Waals surface area contributed by atoms with Crippen molar-refractivity contribution in [2.75, 3.05) is 20.9 Å². The molecule has 1 N–H and O–H groups in total. The molecule has 0 bridgehead atoms. The molecular formula is C13H22N2O5. The number of rotatable bonds is 5. The zero-order chi connectivity index (χ0) is 15.1. The smallest absolute Gasteiger partial charge is 0.413 e. The monoisotopic (exact) mass is 286 g/mol. The van der Waals surface area contributed by atoms with Gasteiger partial charge in [0.05, 0.1) is 6.04 Å². The first kappa shape index (κ1) is 16.4. The number of likely N-dealkylation sites (N-methyl/N-ethyl adjacent to an activating group) is 2. The lowest BCUT2D eigenvalue weighted by molar-refractivity contribution is -0.154. The SMILES string of the molecule is CNC(C)C(=O)OCOC(=O)N(C)C1CCCCC1=O. The number of hydrogen-bond donors (Lipinski definition) is 1. The van der Waals surface area contributed by atoms with Gasteiger partial charge in [0.1, 0.15) is 6.04 Å². The Morgan fingerprint density at radius 2 is 2.10 bits per heavy atom. The van der Waals surface area contributed by atoms with Crippen molar-refractivity contribution in [2.24, 2.45) is 0 Å². The molecule has 1 saturated carbocycles. The standard InChI is InChI=1S/C13H22N2O5/c1-9(14-2)12(17)19-8-20-13(18)15(3)10-6-4-5-7-11(10)16/h9-10,14H,4-8H2,1-3H3. The normalized spacial score (nSPS) is 20.1. The second-order valence-corrected chi connectivity index (χ2v) is 4.84. The molecule has 1 rings (SSSR count). The van der Waals surface area contributed by atoms with Gasteiger partial charge in [0.25, 0.3) is 0 Å². The van der Waals surface area contributed by atoms with Crippen molar-refractivity contribution in [3.8, 4) is 0 Å². The molecule has 0 aromatic heterocycles. The summed E-state index contributed by atoms with van der Waals surface area (Å²) in [4.78, 5) is 36.1. The van der Waals surface area contributed by atoms with Crippen molar-refractivity contribution in [3.05, 3.63) is 0 Å². The van der Waals surface area contributed by atoms with E-state index in [2.05, 4.69) is 5.32 Å². The molecule has 1 aliphatic rings. The van der Waals surface area contributed by atoms with Crippen LogP contribution in [0.3, 0.4) is 0 Å². The van der Waals surface area contributed by atoms with Crippen molar-refractivity contribution >= 4 is 17.8 Å². The molecule has 0 saturated heterocycles. The zero-order valence-corrected chi connectivity index (χ0v) is 12.2. The molecule has 2 unspecified atom stereocenters. The summed E-state index contributed by atoms with van der Waals surface area (Å²) in [6, 6.07) is -0.894. The second kappa shape index (κ2) is 7.84. The van der Waals surface area contributed by atoms with Crippen LogP contribution in [0.5, 0.6) is 0 Å². The highest BCUT2D eigenvalue weighted by atomic mass is 16.7. The molecule has 7 nitrogen and oxygen atoms in total. The molecule has 2 atom stereocenters. The van der Waals surface area contributed by atoms with Crippen LogP contribution >= 0.6 is 0 Å². The topological polar surface area (TPSA) is 84.9 Å². The van der Waals surface area contributed by atoms with E-state index in [0.29, 0.717) is 12.8 Å². The predicted octanol–water partition coefficient (Wildman–Crippen LogP) is 0.675. The van der Waals surface area contributed by atoms with Crippen LogP contribution in [-0.4, -0.2) is 55.7 Å². The second-order valence-electron chi connectivity index (χ2n) is 4.84. The molecule has 1 amide bonds. The van der Waals surface area contributed by atoms with Crippen molar-refractivity contribution in [1.29, 1.82) is 0 Å². The molecule has 1 aliphatic carbocycles. The Morgan fingerprint density at radius 1 is 1.40 bits per heavy atom. The molecule has 0 aromatic rings. The fourth-order valence-corrected chi connectivity index (χ4v) is 1.98. The number of hydrogen-bond acceptors (Lipinski definition) is 6. The molecule has 7 heteroatoms. The maximum atomic E-state index is 11.8. The van der Waals surface area contributed by atoms with E-state index in [9.17, 15) is 14.4 Å². The molecule has 0 radical (unpaired) electrons. The van der Waals surface area contributed by atoms with Crippen LogP contribution in [0.1, 0.15) is 32.6 Å². The van der Waals surface area contributed by atoms with E-state index in [1.54, 1.807) is 14.0 Å². The van der Waals surface area contributed by atoms with Gasteiger partial charge in [0.2, 0.25) is 6.79 Å². The summed E-state index contributed by atoms with van der Waals surface area (Å²) >= 11 is 0. The van der Waals surface area contributed by atoms with E-state index in [1.165, 1.54) is 11.9 Å². The Balaban J connectivity index is 2.35. The van der Waals surface area contributed by atoms with E-state index in [1.807, 2.05) is 0 Å². The molecule has 0 spiro atoms. The fourth-order valence-electron chi connectivity index (χ4n) is 1.98. The van der Waals surface area contributed by atoms with Crippen molar-refractivity contribution in [3.63, 3.8) is 0 Å². The first-order chi connectivity index (χ1) is 9.47. The molecule has 1 fully saturated rings. The van der Waals surface area contributed by atoms with Gasteiger partial charge in [-0.2, -0.15) is 0 Å². The minimum atomic E-state index is -0.657. The van der Waals surface area contributed by atoms with Crippen LogP contribution in [0.25, 0.3) is 0 Å². The van der Waals surface area contributed by atoms with Gasteiger partial charge in [-0.05, 0) is 26.8 Å². The van der Waals surface area contributed by atoms with Gasteiger partial charge in [-0.3, -0.25) is 9.59 Å². The van der Waals surface area contributed by atoms with Gasteiger partial charge in [-0.1, -0.05) is 6.42 Å². The lowest BCUT2D eigenvalue weighted by Crippen LogP contribution is -2.44. The molecule has 0 aromatic carbocycles. The number of ether oxygens (including phenoxy) is 2. The van der Waals surface area contributed by atoms with E-state index < -0.39 is 30.9 Å². The summed E-state index contributed by atoms with van der Waals surface area (Å²) < 4.78 is 9.61. The van der Waals surface area contributed by atoms with Crippen LogP contribution in [0.15, 0.2) is 0 Å². The van der Waals surface area contributed by atoms with Gasteiger partial charge < -0.3 is 19.7 Å². The number of amides is 1. The highest BCUT2D eigenvalue weighted by Crippen LogP contribution is 2.19. The van der Waals surface area contributed by atoms with Gasteiger partial charge in [0, 0.05) is 13.5 Å². The van der Waals surface area contributed by atoms with Crippen LogP contribution in [0.4, 0.5) is 4.79 Å². The van der Waals surface area contributed by atoms with Crippen molar-refractivity contribution < 1.29 is 23.9 Å². The first-order valence-electron chi connectivity index (χ1n) is 6.73. The molecular weight excluding hydrogens is 264 g/mol. The van der Waals surface area contributed by atoms with Gasteiger partial charge >= 0.3 is 12.1 Å². The van der Waals surface area contributed by atoms with E-state index in [-0.39, 0.29) is 5.78 Å². The Kier molecular flexibility index (Phi) is 6.44. The van der Waals surface area contributed by atoms with Crippen molar-refractivity contribution in [2.45, 2.75) is 44.7 Å². The average Bonchev–Trinajstić information content (AvgIpc) is 2.45. The van der Waals surface area contributed by atoms with Crippen LogP contribution < -0.4 is 5.32 Å². The lowest BCUT2D eigenvalue weighted by atomic mass is 9.93. The van der Waals surface area contributed by atoms with Crippen LogP contribution in [0, 0.1) is 0 Å². The summed E-state index contributed by atoms with van der Waals surface area (Å²) in [5.74, 6) is -0.451. The highest BCUT2D eigenvalue weighted by molar-refractivity contribution is 5.87. The summed E-state index contributed by atoms with van der Waals surface area (Å²) in [5.41, 5.74) is 0. The minimum absolute atomic E-state index is 0.0523. The van der Waals surface area contributed by atoms with Crippen molar-refractivity contribution in [1.82, 2.24) is 10.2 Å². The van der Waals surface area contributed by atoms with E-state index in [0.717, 1.165) is 12.8 Å². The average molecular weight is 286 g/mol. The lowest BCUT2D eigenvalue weighted by Gasteiger charge is -2.29. The van der Waals surface area contributed by atoms with E-state index >= 15 is 0 Å². The van der Waals surface area contributed by atoms with E-state index in [4.69, 9.17) is 9.47 Å². The molecule has 114 valence electrons. The molecule has 20 heavy (non-hydrogen) atoms. The largest absolute Gasteiger partial charge is 0.427 e. The summed E-state index contributed by atoms with van der Waals surface area (Å²) in [6.45, 7) is 1.19. The third-order valence-electron chi connectivity index (χ3n) is 3.45. The number of carbonyl (C=O) groups excluding carboxylic acids is 3. The van der Waals surface area contributed by atoms with Gasteiger partial charge in [-0.25, -0.2) is 4.79 Å². The number of carbonyl (C=O) groups is 3. The fraction of sp³-hybridized carbons (Fsp3) is 0.769. The number of ketones is 1.